The molecular weight excluding hydrogens is 500 g/mol. The van der Waals surface area contributed by atoms with Crippen molar-refractivity contribution in [1.29, 1.82) is 0 Å². The summed E-state index contributed by atoms with van der Waals surface area (Å²) in [4.78, 5) is 21.1. The topological polar surface area (TPSA) is 42.0 Å². The van der Waals surface area contributed by atoms with Gasteiger partial charge in [0.15, 0.2) is 12.7 Å². The summed E-state index contributed by atoms with van der Waals surface area (Å²) in [5, 5.41) is 8.00. The van der Waals surface area contributed by atoms with Crippen LogP contribution in [0.1, 0.15) is 22.6 Å². The summed E-state index contributed by atoms with van der Waals surface area (Å²) in [6.07, 6.45) is 4.19. The number of thiazole rings is 3. The summed E-state index contributed by atoms with van der Waals surface area (Å²) in [5.41, 5.74) is 2.18. The van der Waals surface area contributed by atoms with Gasteiger partial charge in [-0.2, -0.15) is 4.57 Å². The fourth-order valence-corrected chi connectivity index (χ4v) is 7.81. The van der Waals surface area contributed by atoms with E-state index in [1.54, 1.807) is 45.8 Å². The lowest BCUT2D eigenvalue weighted by Crippen LogP contribution is -2.36. The number of benzene rings is 1. The van der Waals surface area contributed by atoms with Gasteiger partial charge in [0.1, 0.15) is 19.9 Å². The van der Waals surface area contributed by atoms with E-state index in [4.69, 9.17) is 11.6 Å². The number of fused-ring (bicyclic) bond motifs is 1. The van der Waals surface area contributed by atoms with E-state index in [1.165, 1.54) is 0 Å². The van der Waals surface area contributed by atoms with Gasteiger partial charge in [-0.3, -0.25) is 9.36 Å². The number of aromatic nitrogens is 3. The molecule has 0 saturated heterocycles. The summed E-state index contributed by atoms with van der Waals surface area (Å²) >= 11 is 12.7. The Hall–Kier alpha value is -1.91. The van der Waals surface area contributed by atoms with Crippen molar-refractivity contribution < 1.29 is 4.57 Å². The van der Waals surface area contributed by atoms with Gasteiger partial charge in [0.2, 0.25) is 0 Å². The maximum atomic E-state index is 13.3. The van der Waals surface area contributed by atoms with Crippen LogP contribution in [0.5, 0.6) is 0 Å². The molecule has 32 heavy (non-hydrogen) atoms. The number of hydrogen-bond acceptors (Lipinski definition) is 7. The molecule has 4 heterocycles. The second-order valence-corrected chi connectivity index (χ2v) is 11.8. The van der Waals surface area contributed by atoms with Gasteiger partial charge in [-0.25, -0.2) is 4.98 Å². The molecule has 4 aromatic rings. The van der Waals surface area contributed by atoms with Crippen molar-refractivity contribution in [3.05, 3.63) is 75.4 Å². The Bertz CT molecular complexity index is 1500. The maximum absolute atomic E-state index is 13.3. The molecule has 0 saturated carbocycles. The predicted molar refractivity (Wildman–Crippen MR) is 137 cm³/mol. The van der Waals surface area contributed by atoms with Crippen molar-refractivity contribution in [2.45, 2.75) is 31.8 Å². The van der Waals surface area contributed by atoms with Crippen molar-refractivity contribution in [3.63, 3.8) is 0 Å². The Labute approximate surface area is 206 Å². The number of nitrogens with zero attached hydrogens (tertiary/aromatic N) is 4. The van der Waals surface area contributed by atoms with Crippen LogP contribution in [0.2, 0.25) is 5.02 Å². The largest absolute Gasteiger partial charge is 0.337 e. The van der Waals surface area contributed by atoms with Crippen LogP contribution in [0.15, 0.2) is 44.8 Å². The van der Waals surface area contributed by atoms with Crippen LogP contribution in [-0.4, -0.2) is 16.6 Å². The molecule has 0 spiro atoms. The Morgan fingerprint density at radius 1 is 1.28 bits per heavy atom. The molecule has 5 nitrogen and oxygen atoms in total. The Morgan fingerprint density at radius 3 is 2.88 bits per heavy atom. The molecule has 5 rings (SSSR count). The Kier molecular flexibility index (Phi) is 6.02. The minimum atomic E-state index is 0.0511. The summed E-state index contributed by atoms with van der Waals surface area (Å²) < 4.78 is 5.75. The third-order valence-electron chi connectivity index (χ3n) is 5.18. The number of rotatable bonds is 4. The number of aryl methyl sites for hydroxylation is 1. The summed E-state index contributed by atoms with van der Waals surface area (Å²) in [7, 11) is 2.00. The van der Waals surface area contributed by atoms with Crippen molar-refractivity contribution in [2.75, 3.05) is 11.9 Å². The lowest BCUT2D eigenvalue weighted by Gasteiger charge is -2.12. The number of anilines is 1. The van der Waals surface area contributed by atoms with Gasteiger partial charge >= 0.3 is 0 Å². The molecule has 0 aliphatic carbocycles. The van der Waals surface area contributed by atoms with E-state index in [9.17, 15) is 4.79 Å². The highest BCUT2D eigenvalue weighted by atomic mass is 35.5. The van der Waals surface area contributed by atoms with Crippen molar-refractivity contribution >= 4 is 74.2 Å². The van der Waals surface area contributed by atoms with E-state index in [1.807, 2.05) is 43.7 Å². The Morgan fingerprint density at radius 2 is 2.12 bits per heavy atom. The molecule has 1 aliphatic heterocycles. The molecule has 0 amide bonds. The highest BCUT2D eigenvalue weighted by Crippen LogP contribution is 2.46. The first kappa shape index (κ1) is 21.9. The Balaban J connectivity index is 1.61. The van der Waals surface area contributed by atoms with Crippen molar-refractivity contribution in [2.24, 2.45) is 0 Å². The van der Waals surface area contributed by atoms with Gasteiger partial charge in [0.05, 0.1) is 22.2 Å². The summed E-state index contributed by atoms with van der Waals surface area (Å²) in [5.74, 6) is 0. The zero-order valence-electron chi connectivity index (χ0n) is 17.7. The first-order chi connectivity index (χ1) is 15.4. The maximum Gasteiger partial charge on any atom is 0.271 e. The van der Waals surface area contributed by atoms with E-state index in [-0.39, 0.29) is 5.56 Å². The SMILES string of the molecule is CCn1c(=Cc2scc[n+]2Cc2csc(C)n2)sc(=C2Sc3cc(Cl)ccc3N2C)c1=O. The van der Waals surface area contributed by atoms with Crippen LogP contribution < -0.4 is 24.2 Å². The first-order valence-corrected chi connectivity index (χ1v) is 13.8. The fraction of sp³-hybridized carbons (Fsp3) is 0.227. The molecule has 0 unspecified atom stereocenters. The number of halogens is 1. The quantitative estimate of drug-likeness (QED) is 0.384. The molecule has 0 fully saturated rings. The van der Waals surface area contributed by atoms with Gasteiger partial charge < -0.3 is 4.90 Å². The second-order valence-electron chi connectivity index (χ2n) is 7.27. The number of hydrogen-bond donors (Lipinski definition) is 0. The average molecular weight is 520 g/mol. The van der Waals surface area contributed by atoms with E-state index in [0.717, 1.165) is 47.1 Å². The van der Waals surface area contributed by atoms with Gasteiger partial charge in [-0.1, -0.05) is 34.7 Å². The molecule has 10 heteroatoms. The van der Waals surface area contributed by atoms with E-state index < -0.39 is 0 Å². The molecule has 0 bridgehead atoms. The van der Waals surface area contributed by atoms with Crippen LogP contribution in [0.25, 0.3) is 11.1 Å². The predicted octanol–water partition coefficient (Wildman–Crippen LogP) is 3.88. The molecular formula is C22H20ClN4OS4+. The fourth-order valence-electron chi connectivity index (χ4n) is 3.62. The highest BCUT2D eigenvalue weighted by molar-refractivity contribution is 8.08. The molecule has 0 atom stereocenters. The minimum Gasteiger partial charge on any atom is -0.337 e. The molecule has 164 valence electrons. The van der Waals surface area contributed by atoms with E-state index >= 15 is 0 Å². The molecule has 3 aromatic heterocycles. The lowest BCUT2D eigenvalue weighted by atomic mass is 10.3. The zero-order valence-corrected chi connectivity index (χ0v) is 21.7. The standard InChI is InChI=1S/C22H20ClN4OS4/c1-4-27-19(10-18-26(7-8-29-18)11-15-12-30-13(2)24-15)32-20(21(27)28)22-25(3)16-6-5-14(23)9-17(16)31-22/h5-10,12H,4,11H2,1-3H3/q+1. The average Bonchev–Trinajstić information content (AvgIpc) is 3.51. The third kappa shape index (κ3) is 3.97. The van der Waals surface area contributed by atoms with Crippen molar-refractivity contribution in [1.82, 2.24) is 9.55 Å². The second kappa shape index (κ2) is 8.79. The first-order valence-electron chi connectivity index (χ1n) is 9.99. The minimum absolute atomic E-state index is 0.0511. The van der Waals surface area contributed by atoms with Crippen LogP contribution in [-0.2, 0) is 13.1 Å². The van der Waals surface area contributed by atoms with Gasteiger partial charge in [-0.05, 0) is 32.0 Å². The zero-order chi connectivity index (χ0) is 22.4. The molecule has 0 N–H and O–H groups in total. The van der Waals surface area contributed by atoms with Crippen LogP contribution >= 0.6 is 57.4 Å². The van der Waals surface area contributed by atoms with Crippen LogP contribution in [0.3, 0.4) is 0 Å². The highest BCUT2D eigenvalue weighted by Gasteiger charge is 2.25. The number of thioether (sulfide) groups is 1. The van der Waals surface area contributed by atoms with Crippen molar-refractivity contribution in [3.8, 4) is 0 Å². The third-order valence-corrected chi connectivity index (χ3v) is 9.55. The van der Waals surface area contributed by atoms with Gasteiger partial charge in [0.25, 0.3) is 10.6 Å². The van der Waals surface area contributed by atoms with Crippen LogP contribution in [0, 0.1) is 6.92 Å². The van der Waals surface area contributed by atoms with Gasteiger partial charge in [-0.15, -0.1) is 22.7 Å². The summed E-state index contributed by atoms with van der Waals surface area (Å²) in [6, 6.07) is 5.85. The summed E-state index contributed by atoms with van der Waals surface area (Å²) in [6.45, 7) is 5.38. The molecule has 1 aromatic carbocycles. The van der Waals surface area contributed by atoms with E-state index in [2.05, 4.69) is 37.5 Å². The molecule has 0 radical (unpaired) electrons. The van der Waals surface area contributed by atoms with E-state index in [0.29, 0.717) is 11.6 Å². The molecule has 1 aliphatic rings. The lowest BCUT2D eigenvalue weighted by molar-refractivity contribution is -0.685. The van der Waals surface area contributed by atoms with Crippen LogP contribution in [0.4, 0.5) is 5.69 Å². The smallest absolute Gasteiger partial charge is 0.271 e. The monoisotopic (exact) mass is 519 g/mol. The normalized spacial score (nSPS) is 15.6. The van der Waals surface area contributed by atoms with Gasteiger partial charge in [0, 0.05) is 28.9 Å².